The number of hydrogen-bond donors (Lipinski definition) is 16. The molecule has 1 aliphatic heterocycles. The highest BCUT2D eigenvalue weighted by Gasteiger charge is 2.40. The van der Waals surface area contributed by atoms with Crippen molar-refractivity contribution in [2.75, 3.05) is 51.6 Å². The van der Waals surface area contributed by atoms with E-state index in [1.807, 2.05) is 39.6 Å². The van der Waals surface area contributed by atoms with Gasteiger partial charge in [-0.15, -0.1) is 11.3 Å². The molecule has 2 aromatic carbocycles. The lowest BCUT2D eigenvalue weighted by Crippen LogP contribution is -2.59. The third-order valence-electron chi connectivity index (χ3n) is 19.4. The zero-order valence-electron chi connectivity index (χ0n) is 69.2. The number of carboxylic acid groups (broad SMARTS) is 4. The lowest BCUT2D eigenvalue weighted by atomic mass is 9.92. The number of hydrazine groups is 1. The van der Waals surface area contributed by atoms with Crippen LogP contribution >= 0.6 is 32.9 Å². The fraction of sp³-hybridized carbons (Fsp3) is 0.620. The van der Waals surface area contributed by atoms with E-state index in [2.05, 4.69) is 70.6 Å². The first kappa shape index (κ1) is 101. The first-order valence-electron chi connectivity index (χ1n) is 40.0. The Hall–Kier alpha value is -10.1. The molecule has 4 rings (SSSR count). The van der Waals surface area contributed by atoms with Gasteiger partial charge in [0, 0.05) is 86.4 Å². The summed E-state index contributed by atoms with van der Waals surface area (Å²) in [6.45, 7) is 17.3. The number of piperidine rings is 1. The molecule has 37 nitrogen and oxygen atoms in total. The van der Waals surface area contributed by atoms with E-state index in [0.717, 1.165) is 50.0 Å². The Kier molecular flexibility index (Phi) is 46.1. The number of carboxylic acids is 4. The van der Waals surface area contributed by atoms with Crippen molar-refractivity contribution in [2.24, 2.45) is 17.8 Å². The van der Waals surface area contributed by atoms with Crippen molar-refractivity contribution in [2.45, 2.75) is 245 Å². The first-order valence-corrected chi connectivity index (χ1v) is 43.4. The molecule has 0 saturated carbocycles. The number of aliphatic carboxylic acids is 4. The van der Waals surface area contributed by atoms with Gasteiger partial charge in [-0.25, -0.2) is 29.6 Å². The number of likely N-dealkylation sites (N-methyl/N-ethyl adjacent to an activating group) is 1. The Bertz CT molecular complexity index is 3810. The number of aromatic hydroxyl groups is 1. The standard InChI is InChI=1S/C79H120N14O23S3/c1-11-13-18-33-114-45-93(75(108)68(47(5)12-2)89-73(107)61-20-15-17-32-92(61)10)62(46(3)4)41-63(116-51(9)94)74-87-60(44-117-74)72(106)84-55(37-52-25-27-56(95)28-26-52)36-48(6)69(103)90-91-79(113)115-34-35-118-119-43-50(8)82-70(104)59(40-67(101)102)86-71(105)58(39-66(99)100)85-64(96)38-53-21-23-54(24-22-53)42-81-77(111)80-31-16-14-19-49(7)83-78(112)88-57(76(109)110)29-30-65(97)98/h21-28,44,46-50,55,57-59,61-63,68,95H,11-20,29-43,45H2,1-10H3,(H,82,104)(H,84,106)(H,85,96)(H,86,105)(H,89,107)(H,90,103)(H,91,113)(H,97,98)(H,99,100)(H,101,102)(H,109,110)(H2,80,81,111)(H2,83,88,112)/t47?,48?,49-,50-,55-,57+,58?,59+,61?,62-,63-,68?/m1/s1. The normalized spacial score (nSPS) is 15.4. The van der Waals surface area contributed by atoms with Gasteiger partial charge in [-0.3, -0.25) is 63.1 Å². The molecule has 0 spiro atoms. The molecular formula is C79H120N14O23S3. The molecule has 1 saturated heterocycles. The predicted molar refractivity (Wildman–Crippen MR) is 443 cm³/mol. The average molecular weight is 1730 g/mol. The molecule has 12 amide bonds. The maximum Gasteiger partial charge on any atom is 0.426 e. The van der Waals surface area contributed by atoms with Crippen LogP contribution in [0.5, 0.6) is 5.75 Å². The molecule has 1 fully saturated rings. The van der Waals surface area contributed by atoms with Gasteiger partial charge < -0.3 is 92.5 Å². The van der Waals surface area contributed by atoms with Crippen molar-refractivity contribution in [3.05, 3.63) is 81.3 Å². The number of nitrogens with zero attached hydrogens (tertiary/aromatic N) is 3. The second-order valence-electron chi connectivity index (χ2n) is 29.9. The summed E-state index contributed by atoms with van der Waals surface area (Å²) in [6, 6.07) is 3.02. The Morgan fingerprint density at radius 2 is 1.33 bits per heavy atom. The molecule has 119 heavy (non-hydrogen) atoms. The summed E-state index contributed by atoms with van der Waals surface area (Å²) in [5.41, 5.74) is 6.32. The number of ether oxygens (including phenoxy) is 3. The number of aromatic nitrogens is 1. The van der Waals surface area contributed by atoms with Crippen LogP contribution in [0.1, 0.15) is 203 Å². The van der Waals surface area contributed by atoms with E-state index in [9.17, 15) is 87.5 Å². The van der Waals surface area contributed by atoms with E-state index >= 15 is 4.79 Å². The number of urea groups is 2. The summed E-state index contributed by atoms with van der Waals surface area (Å²) in [5.74, 6) is -11.7. The van der Waals surface area contributed by atoms with Crippen molar-refractivity contribution >= 4 is 122 Å². The number of thiazole rings is 1. The number of phenolic OH excluding ortho intramolecular Hbond substituents is 1. The number of carbonyl (C=O) groups is 15. The van der Waals surface area contributed by atoms with Crippen LogP contribution in [0.3, 0.4) is 0 Å². The van der Waals surface area contributed by atoms with E-state index in [-0.39, 0.29) is 122 Å². The molecule has 662 valence electrons. The third kappa shape index (κ3) is 39.6. The number of esters is 1. The van der Waals surface area contributed by atoms with Crippen LogP contribution in [0.15, 0.2) is 53.9 Å². The zero-order chi connectivity index (χ0) is 88.3. The maximum atomic E-state index is 15.1. The Labute approximate surface area is 705 Å². The summed E-state index contributed by atoms with van der Waals surface area (Å²) >= 11 is 1.08. The highest BCUT2D eigenvalue weighted by molar-refractivity contribution is 8.76. The largest absolute Gasteiger partial charge is 0.508 e. The second kappa shape index (κ2) is 54.2. The quantitative estimate of drug-likeness (QED) is 0.0101. The number of unbranched alkanes of at least 4 members (excludes halogenated alkanes) is 3. The van der Waals surface area contributed by atoms with Gasteiger partial charge >= 0.3 is 48.0 Å². The predicted octanol–water partition coefficient (Wildman–Crippen LogP) is 6.02. The summed E-state index contributed by atoms with van der Waals surface area (Å²) in [7, 11) is 4.39. The van der Waals surface area contributed by atoms with Crippen LogP contribution in [-0.2, 0) is 86.3 Å². The number of hydrogen-bond acceptors (Lipinski definition) is 24. The minimum absolute atomic E-state index is 0.00609. The Balaban J connectivity index is 1.25. The molecule has 2 heterocycles. The van der Waals surface area contributed by atoms with E-state index in [1.165, 1.54) is 46.0 Å². The number of benzene rings is 2. The summed E-state index contributed by atoms with van der Waals surface area (Å²) in [6.07, 6.45) is 2.75. The van der Waals surface area contributed by atoms with Gasteiger partial charge in [0.1, 0.15) is 54.0 Å². The van der Waals surface area contributed by atoms with Crippen LogP contribution in [0.4, 0.5) is 14.4 Å². The number of carbonyl (C=O) groups excluding carboxylic acids is 11. The van der Waals surface area contributed by atoms with Gasteiger partial charge in [0.05, 0.1) is 25.3 Å². The van der Waals surface area contributed by atoms with Gasteiger partial charge in [-0.1, -0.05) is 125 Å². The monoisotopic (exact) mass is 1730 g/mol. The van der Waals surface area contributed by atoms with E-state index < -0.39 is 151 Å². The lowest BCUT2D eigenvalue weighted by Gasteiger charge is -2.40. The topological polar surface area (TPSA) is 537 Å². The van der Waals surface area contributed by atoms with Gasteiger partial charge in [0.2, 0.25) is 35.4 Å². The summed E-state index contributed by atoms with van der Waals surface area (Å²) in [5, 5.41) is 72.8. The molecule has 12 atom stereocenters. The molecular weight excluding hydrogens is 1610 g/mol. The van der Waals surface area contributed by atoms with E-state index in [1.54, 1.807) is 62.1 Å². The number of nitrogens with one attached hydrogen (secondary N) is 11. The number of phenols is 1. The highest BCUT2D eigenvalue weighted by Crippen LogP contribution is 2.33. The fourth-order valence-corrected chi connectivity index (χ4v) is 15.6. The van der Waals surface area contributed by atoms with Crippen molar-refractivity contribution in [3.8, 4) is 5.75 Å². The van der Waals surface area contributed by atoms with Crippen LogP contribution < -0.4 is 58.7 Å². The van der Waals surface area contributed by atoms with Gasteiger partial charge in [-0.2, -0.15) is 0 Å². The van der Waals surface area contributed by atoms with Crippen LogP contribution in [0, 0.1) is 17.8 Å². The van der Waals surface area contributed by atoms with Crippen LogP contribution in [0.2, 0.25) is 0 Å². The molecule has 40 heteroatoms. The lowest BCUT2D eigenvalue weighted by molar-refractivity contribution is -0.153. The third-order valence-corrected chi connectivity index (χ3v) is 22.9. The zero-order valence-corrected chi connectivity index (χ0v) is 71.7. The van der Waals surface area contributed by atoms with Gasteiger partial charge in [0.15, 0.2) is 6.10 Å². The van der Waals surface area contributed by atoms with E-state index in [0.29, 0.717) is 55.4 Å². The summed E-state index contributed by atoms with van der Waals surface area (Å²) in [4.78, 5) is 202. The van der Waals surface area contributed by atoms with Crippen LogP contribution in [-0.4, -0.2) is 236 Å². The van der Waals surface area contributed by atoms with Gasteiger partial charge in [0.25, 0.3) is 5.91 Å². The second-order valence-corrected chi connectivity index (χ2v) is 33.4. The summed E-state index contributed by atoms with van der Waals surface area (Å²) < 4.78 is 17.4. The number of likely N-dealkylation sites (tertiary alicyclic amines) is 1. The Morgan fingerprint density at radius 1 is 0.664 bits per heavy atom. The molecule has 0 radical (unpaired) electrons. The Morgan fingerprint density at radius 3 is 1.96 bits per heavy atom. The molecule has 0 aliphatic carbocycles. The van der Waals surface area contributed by atoms with Crippen molar-refractivity contribution in [3.63, 3.8) is 0 Å². The minimum atomic E-state index is -1.73. The molecule has 1 aliphatic rings. The molecule has 16 N–H and O–H groups in total. The smallest absolute Gasteiger partial charge is 0.426 e. The van der Waals surface area contributed by atoms with Crippen molar-refractivity contribution in [1.29, 1.82) is 0 Å². The molecule has 5 unspecified atom stereocenters. The first-order chi connectivity index (χ1) is 56.5. The minimum Gasteiger partial charge on any atom is -0.508 e. The number of amides is 12. The average Bonchev–Trinajstić information content (AvgIpc) is 1.80. The molecule has 3 aromatic rings. The SMILES string of the molecule is CCCCCOCN(C(=O)C(NC(=O)C1CCCCN1C)C(C)CC)[C@H](C[C@@H](OC(C)=O)c1nc(C(=O)N[C@@H](Cc2ccc(O)cc2)CC(C)C(=O)NNC(=O)OCCSSC[C@@H](C)NC(=O)[C@H](CC(=O)O)NC(=O)C(CC(=O)O)NC(=O)Cc2ccc(CNC(=O)NCCCC[C@@H](C)NC(=O)N[C@@H](CCC(=O)O)C(=O)O)cc2)cs1)C(C)C. The van der Waals surface area contributed by atoms with Crippen LogP contribution in [0.25, 0.3) is 0 Å². The number of rotatable bonds is 54. The van der Waals surface area contributed by atoms with Crippen molar-refractivity contribution in [1.82, 2.24) is 73.5 Å². The highest BCUT2D eigenvalue weighted by atomic mass is 33.1. The molecule has 0 bridgehead atoms. The van der Waals surface area contributed by atoms with Gasteiger partial charge in [-0.05, 0) is 126 Å². The van der Waals surface area contributed by atoms with Crippen molar-refractivity contribution < 1.29 is 112 Å². The van der Waals surface area contributed by atoms with E-state index in [4.69, 9.17) is 19.3 Å². The maximum absolute atomic E-state index is 15.1. The fourth-order valence-electron chi connectivity index (χ4n) is 12.6. The molecule has 1 aromatic heterocycles.